The van der Waals surface area contributed by atoms with Crippen molar-refractivity contribution in [3.63, 3.8) is 0 Å². The Balaban J connectivity index is 1.78. The van der Waals surface area contributed by atoms with Crippen LogP contribution < -0.4 is 0 Å². The van der Waals surface area contributed by atoms with Crippen LogP contribution >= 0.6 is 0 Å². The standard InChI is InChI=1S/C17H19NO2/c1-10-8-16(2)9-13-14(10)17(13,3)15(16)11-4-6-12(7-5-11)18(19)20/h4-8,13-15H,9H2,1-3H3/t13?,14?,15-,16?,17?/m1/s1. The fourth-order valence-corrected chi connectivity index (χ4v) is 5.75. The number of non-ortho nitro benzene ring substituents is 1. The molecule has 4 unspecified atom stereocenters. The van der Waals surface area contributed by atoms with E-state index in [2.05, 4.69) is 26.8 Å². The van der Waals surface area contributed by atoms with E-state index in [1.807, 2.05) is 12.1 Å². The number of nitrogens with zero attached hydrogens (tertiary/aromatic N) is 1. The average molecular weight is 269 g/mol. The molecule has 4 bridgehead atoms. The molecule has 3 heteroatoms. The Hall–Kier alpha value is -1.64. The van der Waals surface area contributed by atoms with Gasteiger partial charge in [-0.15, -0.1) is 0 Å². The van der Waals surface area contributed by atoms with Crippen LogP contribution in [0.1, 0.15) is 38.7 Å². The Morgan fingerprint density at radius 2 is 1.90 bits per heavy atom. The summed E-state index contributed by atoms with van der Waals surface area (Å²) in [4.78, 5) is 10.5. The van der Waals surface area contributed by atoms with Crippen LogP contribution in [-0.2, 0) is 0 Å². The first-order chi connectivity index (χ1) is 9.38. The van der Waals surface area contributed by atoms with E-state index in [4.69, 9.17) is 0 Å². The summed E-state index contributed by atoms with van der Waals surface area (Å²) in [6, 6.07) is 7.25. The lowest BCUT2D eigenvalue weighted by atomic mass is 9.63. The molecule has 20 heavy (non-hydrogen) atoms. The normalized spacial score (nSPS) is 44.1. The van der Waals surface area contributed by atoms with Crippen LogP contribution in [0.15, 0.2) is 35.9 Å². The molecule has 4 aliphatic carbocycles. The van der Waals surface area contributed by atoms with Crippen LogP contribution in [0.25, 0.3) is 0 Å². The molecule has 0 saturated heterocycles. The van der Waals surface area contributed by atoms with Crippen molar-refractivity contribution >= 4 is 5.69 Å². The topological polar surface area (TPSA) is 43.1 Å². The third kappa shape index (κ3) is 1.22. The third-order valence-electron chi connectivity index (χ3n) is 6.19. The van der Waals surface area contributed by atoms with Gasteiger partial charge in [0.2, 0.25) is 0 Å². The zero-order chi connectivity index (χ0) is 14.3. The molecule has 2 fully saturated rings. The van der Waals surface area contributed by atoms with Crippen molar-refractivity contribution in [1.29, 1.82) is 0 Å². The summed E-state index contributed by atoms with van der Waals surface area (Å²) in [6.07, 6.45) is 3.74. The highest BCUT2D eigenvalue weighted by atomic mass is 16.6. The summed E-state index contributed by atoms with van der Waals surface area (Å²) in [6.45, 7) is 7.04. The predicted molar refractivity (Wildman–Crippen MR) is 77.4 cm³/mol. The van der Waals surface area contributed by atoms with Gasteiger partial charge in [0, 0.05) is 12.1 Å². The smallest absolute Gasteiger partial charge is 0.258 e. The molecule has 0 heterocycles. The molecule has 5 atom stereocenters. The van der Waals surface area contributed by atoms with Gasteiger partial charge in [-0.25, -0.2) is 0 Å². The van der Waals surface area contributed by atoms with Crippen LogP contribution in [0.3, 0.4) is 0 Å². The van der Waals surface area contributed by atoms with Gasteiger partial charge in [-0.3, -0.25) is 10.1 Å². The van der Waals surface area contributed by atoms with E-state index in [1.165, 1.54) is 12.0 Å². The minimum Gasteiger partial charge on any atom is -0.258 e. The molecule has 2 saturated carbocycles. The lowest BCUT2D eigenvalue weighted by Crippen LogP contribution is -2.31. The number of rotatable bonds is 2. The van der Waals surface area contributed by atoms with Crippen molar-refractivity contribution in [1.82, 2.24) is 0 Å². The van der Waals surface area contributed by atoms with Crippen molar-refractivity contribution < 1.29 is 4.92 Å². The maximum atomic E-state index is 10.8. The Bertz CT molecular complexity index is 647. The van der Waals surface area contributed by atoms with E-state index in [0.29, 0.717) is 11.3 Å². The van der Waals surface area contributed by atoms with E-state index < -0.39 is 0 Å². The fourth-order valence-electron chi connectivity index (χ4n) is 5.75. The highest BCUT2D eigenvalue weighted by Crippen LogP contribution is 2.83. The summed E-state index contributed by atoms with van der Waals surface area (Å²) in [5.41, 5.74) is 3.63. The predicted octanol–water partition coefficient (Wildman–Crippen LogP) is 4.30. The van der Waals surface area contributed by atoms with E-state index >= 15 is 0 Å². The van der Waals surface area contributed by atoms with Crippen LogP contribution in [0.5, 0.6) is 0 Å². The van der Waals surface area contributed by atoms with E-state index in [0.717, 1.165) is 11.8 Å². The number of nitro benzene ring substituents is 1. The van der Waals surface area contributed by atoms with Crippen molar-refractivity contribution in [2.45, 2.75) is 33.1 Å². The van der Waals surface area contributed by atoms with Crippen LogP contribution in [0.2, 0.25) is 0 Å². The molecule has 0 N–H and O–H groups in total. The second-order valence-corrected chi connectivity index (χ2v) is 7.33. The van der Waals surface area contributed by atoms with Gasteiger partial charge < -0.3 is 0 Å². The maximum absolute atomic E-state index is 10.8. The highest BCUT2D eigenvalue weighted by Gasteiger charge is 2.76. The minimum atomic E-state index is -0.321. The number of allylic oxidation sites excluding steroid dienone is 2. The minimum absolute atomic E-state index is 0.186. The maximum Gasteiger partial charge on any atom is 0.269 e. The average Bonchev–Trinajstić information content (AvgIpc) is 2.88. The third-order valence-corrected chi connectivity index (χ3v) is 6.19. The van der Waals surface area contributed by atoms with E-state index in [1.54, 1.807) is 17.7 Å². The molecule has 0 spiro atoms. The lowest BCUT2D eigenvalue weighted by Gasteiger charge is -2.41. The first kappa shape index (κ1) is 12.1. The fraction of sp³-hybridized carbons (Fsp3) is 0.529. The molecular formula is C17H19NO2. The van der Waals surface area contributed by atoms with Gasteiger partial charge in [0.15, 0.2) is 0 Å². The molecule has 0 aliphatic heterocycles. The number of nitro groups is 1. The SMILES string of the molecule is CC1=CC2(C)CC3C1C3(C)[C@@H]2c1ccc([N+](=O)[O-])cc1. The van der Waals surface area contributed by atoms with Crippen molar-refractivity contribution in [3.05, 3.63) is 51.6 Å². The van der Waals surface area contributed by atoms with Gasteiger partial charge in [-0.2, -0.15) is 0 Å². The lowest BCUT2D eigenvalue weighted by molar-refractivity contribution is -0.384. The summed E-state index contributed by atoms with van der Waals surface area (Å²) < 4.78 is 0. The quantitative estimate of drug-likeness (QED) is 0.456. The zero-order valence-corrected chi connectivity index (χ0v) is 12.1. The molecule has 1 aromatic carbocycles. The molecule has 5 rings (SSSR count). The highest BCUT2D eigenvalue weighted by molar-refractivity contribution is 5.47. The molecule has 4 aliphatic rings. The van der Waals surface area contributed by atoms with E-state index in [9.17, 15) is 10.1 Å². The second-order valence-electron chi connectivity index (χ2n) is 7.33. The molecule has 0 amide bonds. The van der Waals surface area contributed by atoms with Crippen molar-refractivity contribution in [2.24, 2.45) is 22.7 Å². The van der Waals surface area contributed by atoms with Gasteiger partial charge in [-0.1, -0.05) is 37.6 Å². The summed E-state index contributed by atoms with van der Waals surface area (Å²) in [7, 11) is 0. The van der Waals surface area contributed by atoms with Crippen LogP contribution in [-0.4, -0.2) is 4.92 Å². The van der Waals surface area contributed by atoms with E-state index in [-0.39, 0.29) is 16.0 Å². The van der Waals surface area contributed by atoms with Crippen LogP contribution in [0.4, 0.5) is 5.69 Å². The zero-order valence-electron chi connectivity index (χ0n) is 12.1. The number of hydrogen-bond acceptors (Lipinski definition) is 2. The van der Waals surface area contributed by atoms with Crippen molar-refractivity contribution in [2.75, 3.05) is 0 Å². The largest absolute Gasteiger partial charge is 0.269 e. The molecule has 3 nitrogen and oxygen atoms in total. The number of benzene rings is 1. The molecular weight excluding hydrogens is 250 g/mol. The van der Waals surface area contributed by atoms with Gasteiger partial charge in [0.1, 0.15) is 0 Å². The second kappa shape index (κ2) is 3.33. The van der Waals surface area contributed by atoms with Gasteiger partial charge in [0.25, 0.3) is 5.69 Å². The molecule has 104 valence electrons. The first-order valence-corrected chi connectivity index (χ1v) is 7.31. The molecule has 0 aromatic heterocycles. The summed E-state index contributed by atoms with van der Waals surface area (Å²) >= 11 is 0. The van der Waals surface area contributed by atoms with Crippen molar-refractivity contribution in [3.8, 4) is 0 Å². The number of hydrogen-bond donors (Lipinski definition) is 0. The van der Waals surface area contributed by atoms with Gasteiger partial charge in [-0.05, 0) is 47.5 Å². The Labute approximate surface area is 118 Å². The Morgan fingerprint density at radius 3 is 2.45 bits per heavy atom. The Morgan fingerprint density at radius 1 is 1.25 bits per heavy atom. The monoisotopic (exact) mass is 269 g/mol. The molecule has 1 aromatic rings. The van der Waals surface area contributed by atoms with Crippen LogP contribution in [0, 0.1) is 32.8 Å². The first-order valence-electron chi connectivity index (χ1n) is 7.31. The summed E-state index contributed by atoms with van der Waals surface area (Å²) in [5, 5.41) is 10.8. The Kier molecular flexibility index (Phi) is 2.02. The molecule has 0 radical (unpaired) electrons. The van der Waals surface area contributed by atoms with Gasteiger partial charge >= 0.3 is 0 Å². The summed E-state index contributed by atoms with van der Waals surface area (Å²) in [5.74, 6) is 2.07. The van der Waals surface area contributed by atoms with Gasteiger partial charge in [0.05, 0.1) is 4.92 Å².